The molecule has 0 unspecified atom stereocenters. The summed E-state index contributed by atoms with van der Waals surface area (Å²) >= 11 is 3.33. The first-order valence-corrected chi connectivity index (χ1v) is 7.00. The SMILES string of the molecule is CCOc1ccccc1NC(=O)c1cccc(N)c1Br. The summed E-state index contributed by atoms with van der Waals surface area (Å²) in [6.45, 7) is 2.43. The molecule has 0 fully saturated rings. The second kappa shape index (κ2) is 6.43. The molecule has 0 radical (unpaired) electrons. The molecule has 2 rings (SSSR count). The predicted octanol–water partition coefficient (Wildman–Crippen LogP) is 3.68. The lowest BCUT2D eigenvalue weighted by Gasteiger charge is -2.12. The van der Waals surface area contributed by atoms with E-state index in [4.69, 9.17) is 10.5 Å². The molecule has 0 atom stereocenters. The summed E-state index contributed by atoms with van der Waals surface area (Å²) in [4.78, 5) is 12.3. The largest absolute Gasteiger partial charge is 0.492 e. The summed E-state index contributed by atoms with van der Waals surface area (Å²) in [5.41, 5.74) is 7.42. The zero-order valence-electron chi connectivity index (χ0n) is 11.0. The molecule has 0 aliphatic carbocycles. The summed E-state index contributed by atoms with van der Waals surface area (Å²) in [6.07, 6.45) is 0. The van der Waals surface area contributed by atoms with Crippen molar-refractivity contribution in [3.63, 3.8) is 0 Å². The van der Waals surface area contributed by atoms with E-state index in [-0.39, 0.29) is 5.91 Å². The minimum Gasteiger partial charge on any atom is -0.492 e. The third-order valence-corrected chi connectivity index (χ3v) is 3.59. The minimum atomic E-state index is -0.240. The fourth-order valence-corrected chi connectivity index (χ4v) is 2.21. The Morgan fingerprint density at radius 3 is 2.75 bits per heavy atom. The Bertz CT molecular complexity index is 629. The van der Waals surface area contributed by atoms with Crippen molar-refractivity contribution in [2.24, 2.45) is 0 Å². The molecule has 2 aromatic carbocycles. The molecule has 0 saturated carbocycles. The maximum Gasteiger partial charge on any atom is 0.256 e. The van der Waals surface area contributed by atoms with Gasteiger partial charge >= 0.3 is 0 Å². The van der Waals surface area contributed by atoms with Crippen LogP contribution in [0.1, 0.15) is 17.3 Å². The molecule has 0 aliphatic heterocycles. The number of nitrogens with two attached hydrogens (primary N) is 1. The first kappa shape index (κ1) is 14.4. The number of halogens is 1. The molecule has 0 aromatic heterocycles. The monoisotopic (exact) mass is 334 g/mol. The van der Waals surface area contributed by atoms with Crippen molar-refractivity contribution < 1.29 is 9.53 Å². The average Bonchev–Trinajstić information content (AvgIpc) is 2.44. The summed E-state index contributed by atoms with van der Waals surface area (Å²) in [7, 11) is 0. The molecule has 0 bridgehead atoms. The first-order chi connectivity index (χ1) is 9.63. The molecule has 20 heavy (non-hydrogen) atoms. The summed E-state index contributed by atoms with van der Waals surface area (Å²) in [5.74, 6) is 0.403. The second-order valence-electron chi connectivity index (χ2n) is 4.09. The van der Waals surface area contributed by atoms with Gasteiger partial charge in [0.15, 0.2) is 0 Å². The molecule has 1 amide bonds. The fraction of sp³-hybridized carbons (Fsp3) is 0.133. The van der Waals surface area contributed by atoms with Crippen LogP contribution in [0.25, 0.3) is 0 Å². The van der Waals surface area contributed by atoms with Crippen LogP contribution in [-0.2, 0) is 0 Å². The van der Waals surface area contributed by atoms with E-state index < -0.39 is 0 Å². The Balaban J connectivity index is 2.26. The lowest BCUT2D eigenvalue weighted by molar-refractivity contribution is 0.102. The molecular weight excluding hydrogens is 320 g/mol. The van der Waals surface area contributed by atoms with Gasteiger partial charge in [-0.1, -0.05) is 18.2 Å². The highest BCUT2D eigenvalue weighted by atomic mass is 79.9. The smallest absolute Gasteiger partial charge is 0.256 e. The normalized spacial score (nSPS) is 10.1. The molecule has 0 saturated heterocycles. The van der Waals surface area contributed by atoms with Gasteiger partial charge in [-0.15, -0.1) is 0 Å². The van der Waals surface area contributed by atoms with Crippen LogP contribution < -0.4 is 15.8 Å². The maximum absolute atomic E-state index is 12.3. The third-order valence-electron chi connectivity index (χ3n) is 2.71. The van der Waals surface area contributed by atoms with Gasteiger partial charge in [-0.05, 0) is 47.1 Å². The van der Waals surface area contributed by atoms with E-state index in [0.29, 0.717) is 33.8 Å². The number of ether oxygens (including phenoxy) is 1. The number of rotatable bonds is 4. The standard InChI is InChI=1S/C15H15BrN2O2/c1-2-20-13-9-4-3-8-12(13)18-15(19)10-6-5-7-11(17)14(10)16/h3-9H,2,17H2,1H3,(H,18,19). The number of benzene rings is 2. The van der Waals surface area contributed by atoms with Crippen molar-refractivity contribution in [1.29, 1.82) is 0 Å². The number of nitrogen functional groups attached to an aromatic ring is 1. The average molecular weight is 335 g/mol. The van der Waals surface area contributed by atoms with E-state index in [1.807, 2.05) is 25.1 Å². The zero-order valence-corrected chi connectivity index (χ0v) is 12.6. The lowest BCUT2D eigenvalue weighted by atomic mass is 10.2. The van der Waals surface area contributed by atoms with E-state index in [1.165, 1.54) is 0 Å². The summed E-state index contributed by atoms with van der Waals surface area (Å²) < 4.78 is 6.07. The summed E-state index contributed by atoms with van der Waals surface area (Å²) in [6, 6.07) is 12.5. The molecular formula is C15H15BrN2O2. The zero-order chi connectivity index (χ0) is 14.5. The number of carbonyl (C=O) groups excluding carboxylic acids is 1. The van der Waals surface area contributed by atoms with Gasteiger partial charge in [-0.3, -0.25) is 4.79 Å². The van der Waals surface area contributed by atoms with Crippen molar-refractivity contribution in [3.8, 4) is 5.75 Å². The summed E-state index contributed by atoms with van der Waals surface area (Å²) in [5, 5.41) is 2.83. The van der Waals surface area contributed by atoms with Gasteiger partial charge in [0.25, 0.3) is 5.91 Å². The Kier molecular flexibility index (Phi) is 4.63. The number of anilines is 2. The number of hydrogen-bond acceptors (Lipinski definition) is 3. The molecule has 0 aliphatic rings. The van der Waals surface area contributed by atoms with Gasteiger partial charge < -0.3 is 15.8 Å². The van der Waals surface area contributed by atoms with E-state index in [1.54, 1.807) is 24.3 Å². The topological polar surface area (TPSA) is 64.3 Å². The van der Waals surface area contributed by atoms with Crippen LogP contribution in [0.5, 0.6) is 5.75 Å². The van der Waals surface area contributed by atoms with Gasteiger partial charge in [0.05, 0.1) is 22.3 Å². The Morgan fingerprint density at radius 2 is 2.00 bits per heavy atom. The van der Waals surface area contributed by atoms with Crippen LogP contribution in [-0.4, -0.2) is 12.5 Å². The van der Waals surface area contributed by atoms with E-state index in [2.05, 4.69) is 21.2 Å². The van der Waals surface area contributed by atoms with E-state index >= 15 is 0 Å². The highest BCUT2D eigenvalue weighted by molar-refractivity contribution is 9.10. The number of hydrogen-bond donors (Lipinski definition) is 2. The molecule has 5 heteroatoms. The molecule has 4 nitrogen and oxygen atoms in total. The second-order valence-corrected chi connectivity index (χ2v) is 4.89. The maximum atomic E-state index is 12.3. The van der Waals surface area contributed by atoms with Crippen LogP contribution >= 0.6 is 15.9 Å². The van der Waals surface area contributed by atoms with Crippen LogP contribution in [0.3, 0.4) is 0 Å². The Morgan fingerprint density at radius 1 is 1.25 bits per heavy atom. The van der Waals surface area contributed by atoms with Crippen molar-refractivity contribution >= 4 is 33.2 Å². The third kappa shape index (κ3) is 3.11. The Hall–Kier alpha value is -2.01. The van der Waals surface area contributed by atoms with Crippen molar-refractivity contribution in [3.05, 3.63) is 52.5 Å². The van der Waals surface area contributed by atoms with Crippen LogP contribution in [0, 0.1) is 0 Å². The van der Waals surface area contributed by atoms with Crippen LogP contribution in [0.15, 0.2) is 46.9 Å². The fourth-order valence-electron chi connectivity index (χ4n) is 1.77. The van der Waals surface area contributed by atoms with Crippen LogP contribution in [0.2, 0.25) is 0 Å². The number of amides is 1. The first-order valence-electron chi connectivity index (χ1n) is 6.20. The van der Waals surface area contributed by atoms with Gasteiger partial charge in [-0.25, -0.2) is 0 Å². The minimum absolute atomic E-state index is 0.240. The van der Waals surface area contributed by atoms with Gasteiger partial charge in [0, 0.05) is 5.69 Å². The quantitative estimate of drug-likeness (QED) is 0.838. The van der Waals surface area contributed by atoms with Gasteiger partial charge in [0.1, 0.15) is 5.75 Å². The highest BCUT2D eigenvalue weighted by Crippen LogP contribution is 2.27. The van der Waals surface area contributed by atoms with Crippen molar-refractivity contribution in [2.45, 2.75) is 6.92 Å². The van der Waals surface area contributed by atoms with Gasteiger partial charge in [-0.2, -0.15) is 0 Å². The van der Waals surface area contributed by atoms with Gasteiger partial charge in [0.2, 0.25) is 0 Å². The van der Waals surface area contributed by atoms with Crippen molar-refractivity contribution in [1.82, 2.24) is 0 Å². The number of para-hydroxylation sites is 2. The Labute approximate surface area is 126 Å². The number of nitrogens with one attached hydrogen (secondary N) is 1. The number of carbonyl (C=O) groups is 1. The highest BCUT2D eigenvalue weighted by Gasteiger charge is 2.13. The van der Waals surface area contributed by atoms with E-state index in [9.17, 15) is 4.79 Å². The molecule has 2 aromatic rings. The molecule has 0 spiro atoms. The van der Waals surface area contributed by atoms with Crippen LogP contribution in [0.4, 0.5) is 11.4 Å². The lowest BCUT2D eigenvalue weighted by Crippen LogP contribution is -2.14. The molecule has 3 N–H and O–H groups in total. The van der Waals surface area contributed by atoms with E-state index in [0.717, 1.165) is 0 Å². The predicted molar refractivity (Wildman–Crippen MR) is 84.1 cm³/mol. The van der Waals surface area contributed by atoms with Crippen molar-refractivity contribution in [2.75, 3.05) is 17.7 Å². The molecule has 104 valence electrons. The molecule has 0 heterocycles.